The van der Waals surface area contributed by atoms with Crippen LogP contribution in [0.25, 0.3) is 6.08 Å². The topological polar surface area (TPSA) is 110 Å². The first kappa shape index (κ1) is 24.9. The van der Waals surface area contributed by atoms with Crippen LogP contribution in [0.15, 0.2) is 65.3 Å². The minimum Gasteiger partial charge on any atom is -0.508 e. The van der Waals surface area contributed by atoms with Gasteiger partial charge >= 0.3 is 0 Å². The number of ether oxygens (including phenoxy) is 1. The van der Waals surface area contributed by atoms with Crippen molar-refractivity contribution in [2.45, 2.75) is 45.6 Å². The molecule has 2 heterocycles. The number of nitrogens with zero attached hydrogens (tertiary/aromatic N) is 2. The molecule has 2 amide bonds. The maximum atomic E-state index is 13.6. The minimum absolute atomic E-state index is 0.111. The summed E-state index contributed by atoms with van der Waals surface area (Å²) in [6, 6.07) is 12.9. The van der Waals surface area contributed by atoms with Gasteiger partial charge in [-0.25, -0.2) is 4.90 Å². The molecule has 2 aliphatic heterocycles. The smallest absolute Gasteiger partial charge is 0.271 e. The van der Waals surface area contributed by atoms with E-state index in [1.54, 1.807) is 18.2 Å². The van der Waals surface area contributed by atoms with E-state index in [4.69, 9.17) is 4.74 Å². The highest BCUT2D eigenvalue weighted by Gasteiger charge is 2.56. The van der Waals surface area contributed by atoms with Crippen molar-refractivity contribution in [3.63, 3.8) is 0 Å². The summed E-state index contributed by atoms with van der Waals surface area (Å²) >= 11 is 0. The summed E-state index contributed by atoms with van der Waals surface area (Å²) in [5.74, 6) is -1.50. The number of hydrogen-bond acceptors (Lipinski definition) is 6. The molecule has 2 aromatic rings. The van der Waals surface area contributed by atoms with E-state index in [-0.39, 0.29) is 41.0 Å². The monoisotopic (exact) mass is 502 g/mol. The van der Waals surface area contributed by atoms with Crippen molar-refractivity contribution in [2.24, 2.45) is 17.8 Å². The summed E-state index contributed by atoms with van der Waals surface area (Å²) in [6.07, 6.45) is 4.95. The van der Waals surface area contributed by atoms with Crippen molar-refractivity contribution in [1.29, 1.82) is 0 Å². The van der Waals surface area contributed by atoms with Gasteiger partial charge in [0.15, 0.2) is 0 Å². The van der Waals surface area contributed by atoms with Crippen LogP contribution in [-0.4, -0.2) is 34.6 Å². The zero-order valence-corrected chi connectivity index (χ0v) is 20.9. The van der Waals surface area contributed by atoms with Crippen LogP contribution in [0.5, 0.6) is 5.75 Å². The molecule has 8 nitrogen and oxygen atoms in total. The number of anilines is 1. The molecule has 0 spiro atoms. The first-order valence-electron chi connectivity index (χ1n) is 12.7. The molecular weight excluding hydrogens is 472 g/mol. The van der Waals surface area contributed by atoms with Gasteiger partial charge < -0.3 is 9.84 Å². The molecule has 2 saturated heterocycles. The number of aromatic hydroxyl groups is 1. The van der Waals surface area contributed by atoms with Crippen molar-refractivity contribution in [2.75, 3.05) is 11.5 Å². The SMILES string of the molecule is CC/C(=C\c1cccc(O)c1)CC[C@H]1OC[C@H]2C1=C(C)C[C@H]1C(=O)N(c3cccc([N+](=O)[O-])c3)C(=O)[C@H]12. The highest BCUT2D eigenvalue weighted by molar-refractivity contribution is 6.22. The van der Waals surface area contributed by atoms with E-state index in [0.29, 0.717) is 13.0 Å². The minimum atomic E-state index is -0.527. The standard InChI is InChI=1S/C29H30N2O6/c1-3-18(13-19-6-4-9-22(32)14-19)10-11-25-26-17(2)12-23-27(24(26)16-37-25)29(34)30(28(23)33)20-7-5-8-21(15-20)31(35)36/h4-9,13-15,23-25,27,32H,3,10-12,16H2,1-2H3/b18-13+/t23-,24+,25-,27-/m1/s1. The van der Waals surface area contributed by atoms with Gasteiger partial charge in [0.2, 0.25) is 11.8 Å². The number of imide groups is 1. The number of carbonyl (C=O) groups excluding carboxylic acids is 2. The Balaban J connectivity index is 1.35. The summed E-state index contributed by atoms with van der Waals surface area (Å²) in [5, 5.41) is 21.0. The van der Waals surface area contributed by atoms with E-state index in [9.17, 15) is 24.8 Å². The number of allylic oxidation sites excluding steroid dienone is 2. The molecule has 0 saturated carbocycles. The van der Waals surface area contributed by atoms with Gasteiger partial charge in [-0.05, 0) is 61.9 Å². The number of rotatable bonds is 7. The predicted molar refractivity (Wildman–Crippen MR) is 139 cm³/mol. The lowest BCUT2D eigenvalue weighted by molar-refractivity contribution is -0.384. The summed E-state index contributed by atoms with van der Waals surface area (Å²) in [4.78, 5) is 38.8. The fourth-order valence-electron chi connectivity index (χ4n) is 6.15. The number of benzene rings is 2. The van der Waals surface area contributed by atoms with Crippen LogP contribution in [0.2, 0.25) is 0 Å². The average molecular weight is 503 g/mol. The quantitative estimate of drug-likeness (QED) is 0.234. The molecule has 2 fully saturated rings. The first-order valence-corrected chi connectivity index (χ1v) is 12.7. The number of amides is 2. The number of hydrogen-bond donors (Lipinski definition) is 1. The van der Waals surface area contributed by atoms with Crippen LogP contribution >= 0.6 is 0 Å². The molecular formula is C29H30N2O6. The molecule has 3 aliphatic rings. The zero-order valence-electron chi connectivity index (χ0n) is 20.9. The molecule has 37 heavy (non-hydrogen) atoms. The number of non-ortho nitro benzene ring substituents is 1. The van der Waals surface area contributed by atoms with Crippen LogP contribution in [0.1, 0.15) is 45.1 Å². The molecule has 4 atom stereocenters. The first-order chi connectivity index (χ1) is 17.8. The predicted octanol–water partition coefficient (Wildman–Crippen LogP) is 5.42. The van der Waals surface area contributed by atoms with E-state index >= 15 is 0 Å². The Labute approximate surface area is 215 Å². The number of fused-ring (bicyclic) bond motifs is 3. The molecule has 1 aliphatic carbocycles. The molecule has 1 N–H and O–H groups in total. The Morgan fingerprint density at radius 2 is 1.95 bits per heavy atom. The Hall–Kier alpha value is -3.78. The third-order valence-electron chi connectivity index (χ3n) is 7.87. The second-order valence-corrected chi connectivity index (χ2v) is 10.1. The van der Waals surface area contributed by atoms with Crippen LogP contribution in [-0.2, 0) is 14.3 Å². The highest BCUT2D eigenvalue weighted by Crippen LogP contribution is 2.50. The number of nitro groups is 1. The van der Waals surface area contributed by atoms with Gasteiger partial charge in [-0.2, -0.15) is 0 Å². The highest BCUT2D eigenvalue weighted by atomic mass is 16.6. The Bertz CT molecular complexity index is 1330. The Morgan fingerprint density at radius 1 is 1.16 bits per heavy atom. The number of phenols is 1. The maximum Gasteiger partial charge on any atom is 0.271 e. The summed E-state index contributed by atoms with van der Waals surface area (Å²) in [6.45, 7) is 4.52. The zero-order chi connectivity index (χ0) is 26.3. The van der Waals surface area contributed by atoms with Crippen LogP contribution < -0.4 is 4.90 Å². The molecule has 5 rings (SSSR count). The molecule has 2 aromatic carbocycles. The molecule has 0 aromatic heterocycles. The molecule has 192 valence electrons. The molecule has 0 bridgehead atoms. The van der Waals surface area contributed by atoms with E-state index in [1.807, 2.05) is 19.1 Å². The second kappa shape index (κ2) is 9.94. The van der Waals surface area contributed by atoms with Gasteiger partial charge in [0.25, 0.3) is 5.69 Å². The van der Waals surface area contributed by atoms with Crippen molar-refractivity contribution in [3.05, 3.63) is 80.9 Å². The van der Waals surface area contributed by atoms with Crippen molar-refractivity contribution >= 4 is 29.3 Å². The average Bonchev–Trinajstić information content (AvgIpc) is 3.41. The summed E-state index contributed by atoms with van der Waals surface area (Å²) < 4.78 is 6.22. The third kappa shape index (κ3) is 4.57. The van der Waals surface area contributed by atoms with Crippen molar-refractivity contribution in [3.8, 4) is 5.75 Å². The van der Waals surface area contributed by atoms with E-state index in [0.717, 1.165) is 40.9 Å². The number of phenolic OH excluding ortho intramolecular Hbond substituents is 1. The molecule has 8 heteroatoms. The van der Waals surface area contributed by atoms with Gasteiger partial charge in [0.1, 0.15) is 5.75 Å². The van der Waals surface area contributed by atoms with E-state index in [1.165, 1.54) is 23.8 Å². The van der Waals surface area contributed by atoms with E-state index in [2.05, 4.69) is 13.0 Å². The largest absolute Gasteiger partial charge is 0.508 e. The lowest BCUT2D eigenvalue weighted by Crippen LogP contribution is -2.34. The van der Waals surface area contributed by atoms with Crippen LogP contribution in [0.4, 0.5) is 11.4 Å². The maximum absolute atomic E-state index is 13.6. The lowest BCUT2D eigenvalue weighted by Gasteiger charge is -2.30. The normalized spacial score (nSPS) is 25.5. The van der Waals surface area contributed by atoms with Crippen LogP contribution in [0, 0.1) is 27.9 Å². The van der Waals surface area contributed by atoms with Gasteiger partial charge in [-0.1, -0.05) is 42.3 Å². The molecule has 0 radical (unpaired) electrons. The lowest BCUT2D eigenvalue weighted by atomic mass is 9.70. The van der Waals surface area contributed by atoms with Gasteiger partial charge in [0, 0.05) is 18.1 Å². The van der Waals surface area contributed by atoms with Crippen LogP contribution in [0.3, 0.4) is 0 Å². The number of nitro benzene ring substituents is 1. The second-order valence-electron chi connectivity index (χ2n) is 10.1. The number of carbonyl (C=O) groups is 2. The van der Waals surface area contributed by atoms with Gasteiger partial charge in [-0.3, -0.25) is 19.7 Å². The van der Waals surface area contributed by atoms with Crippen molar-refractivity contribution < 1.29 is 24.4 Å². The fourth-order valence-corrected chi connectivity index (χ4v) is 6.15. The third-order valence-corrected chi connectivity index (χ3v) is 7.87. The van der Waals surface area contributed by atoms with Gasteiger partial charge in [-0.15, -0.1) is 0 Å². The van der Waals surface area contributed by atoms with E-state index < -0.39 is 16.8 Å². The summed E-state index contributed by atoms with van der Waals surface area (Å²) in [7, 11) is 0. The molecule has 0 unspecified atom stereocenters. The Morgan fingerprint density at radius 3 is 2.68 bits per heavy atom. The van der Waals surface area contributed by atoms with Crippen molar-refractivity contribution in [1.82, 2.24) is 0 Å². The van der Waals surface area contributed by atoms with Gasteiger partial charge in [0.05, 0.1) is 35.2 Å². The summed E-state index contributed by atoms with van der Waals surface area (Å²) in [5.41, 5.74) is 4.53. The fraction of sp³-hybridized carbons (Fsp3) is 0.379. The Kier molecular flexibility index (Phi) is 6.69.